The Morgan fingerprint density at radius 1 is 1.08 bits per heavy atom. The highest BCUT2D eigenvalue weighted by atomic mass is 32.2. The average Bonchev–Trinajstić information content (AvgIpc) is 4.00. The first-order chi connectivity index (χ1) is 25.3. The van der Waals surface area contributed by atoms with Crippen LogP contribution in [0.4, 0.5) is 4.79 Å². The van der Waals surface area contributed by atoms with Crippen LogP contribution in [0.2, 0.25) is 0 Å². The van der Waals surface area contributed by atoms with Crippen molar-refractivity contribution in [1.29, 1.82) is 0 Å². The first-order valence-electron chi connectivity index (χ1n) is 19.1. The van der Waals surface area contributed by atoms with Crippen molar-refractivity contribution in [3.05, 3.63) is 48.7 Å². The molecule has 3 aliphatic carbocycles. The summed E-state index contributed by atoms with van der Waals surface area (Å²) in [5.41, 5.74) is -0.665. The van der Waals surface area contributed by atoms with Crippen LogP contribution in [-0.2, 0) is 35.6 Å². The Balaban J connectivity index is 1.21. The van der Waals surface area contributed by atoms with Crippen LogP contribution >= 0.6 is 0 Å². The van der Waals surface area contributed by atoms with Crippen molar-refractivity contribution >= 4 is 44.6 Å². The number of alkyl carbamates (subject to hydrolysis) is 1. The molecule has 5 aliphatic rings. The maximum Gasteiger partial charge on any atom is 0.407 e. The van der Waals surface area contributed by atoms with Crippen LogP contribution in [-0.4, -0.2) is 84.2 Å². The molecule has 4 fully saturated rings. The number of pyridine rings is 1. The minimum atomic E-state index is -3.88. The van der Waals surface area contributed by atoms with Crippen molar-refractivity contribution in [3.8, 4) is 5.88 Å². The second kappa shape index (κ2) is 14.6. The maximum absolute atomic E-state index is 14.7. The number of aromatic nitrogens is 1. The minimum absolute atomic E-state index is 0.0296. The molecule has 7 rings (SSSR count). The van der Waals surface area contributed by atoms with E-state index < -0.39 is 68.7 Å². The van der Waals surface area contributed by atoms with Gasteiger partial charge in [0, 0.05) is 23.9 Å². The summed E-state index contributed by atoms with van der Waals surface area (Å²) in [6.45, 7) is 8.14. The summed E-state index contributed by atoms with van der Waals surface area (Å²) in [4.78, 5) is 61.9. The number of hydrogen-bond acceptors (Lipinski definition) is 9. The number of aryl methyl sites for hydroxylation is 1. The highest BCUT2D eigenvalue weighted by Crippen LogP contribution is 2.45. The van der Waals surface area contributed by atoms with Gasteiger partial charge in [-0.1, -0.05) is 51.3 Å². The molecule has 2 aromatic rings. The molecule has 1 aromatic carbocycles. The monoisotopic (exact) mass is 749 g/mol. The summed E-state index contributed by atoms with van der Waals surface area (Å²) < 4.78 is 39.9. The van der Waals surface area contributed by atoms with Gasteiger partial charge in [-0.3, -0.25) is 19.1 Å². The topological polar surface area (TPSA) is 173 Å². The van der Waals surface area contributed by atoms with E-state index in [2.05, 4.69) is 52.9 Å². The van der Waals surface area contributed by atoms with Gasteiger partial charge in [-0.05, 0) is 85.8 Å². The molecule has 0 unspecified atom stereocenters. The number of benzene rings is 1. The zero-order valence-corrected chi connectivity index (χ0v) is 31.4. The van der Waals surface area contributed by atoms with Crippen LogP contribution in [0.1, 0.15) is 90.0 Å². The standard InChI is InChI=1S/C39H51N5O8S/c1-4-27-21-39(27,36(47)43-53(49,50)29-14-15-29)42-33(45)31-20-28-22-44(31)35(46)32(26-10-5-6-11-26)41-37(48)51-23-38(2,3)17-8-7-9-24-12-13-25-16-18-40-34(52-28)30(25)19-24/h4,12-13,16,18-19,26-29,31-32H,1,5-11,14-15,17,20-23H2,2-3H3,(H,41,48)(H,42,45)(H,43,47)/t27-,28-,31+,32+,39-/m1/s1. The summed E-state index contributed by atoms with van der Waals surface area (Å²) in [7, 11) is -3.88. The lowest BCUT2D eigenvalue weighted by molar-refractivity contribution is -0.142. The highest BCUT2D eigenvalue weighted by molar-refractivity contribution is 7.91. The van der Waals surface area contributed by atoms with E-state index in [-0.39, 0.29) is 37.3 Å². The quantitative estimate of drug-likeness (QED) is 0.349. The number of sulfonamides is 1. The fourth-order valence-electron chi connectivity index (χ4n) is 8.28. The summed E-state index contributed by atoms with van der Waals surface area (Å²) in [6.07, 6.45) is 9.95. The Labute approximate surface area is 311 Å². The Hall–Kier alpha value is -4.20. The van der Waals surface area contributed by atoms with Crippen LogP contribution < -0.4 is 20.1 Å². The van der Waals surface area contributed by atoms with E-state index in [9.17, 15) is 27.6 Å². The molecule has 4 bridgehead atoms. The van der Waals surface area contributed by atoms with Gasteiger partial charge in [-0.25, -0.2) is 18.2 Å². The third kappa shape index (κ3) is 8.02. The number of nitrogens with zero attached hydrogens (tertiary/aromatic N) is 2. The summed E-state index contributed by atoms with van der Waals surface area (Å²) in [5.74, 6) is -2.12. The lowest BCUT2D eigenvalue weighted by Crippen LogP contribution is -2.59. The SMILES string of the molecule is C=C[C@@H]1C[C@]1(NC(=O)[C@@H]1C[C@@H]2CN1C(=O)[C@H](C1CCCC1)NC(=O)OCC(C)(C)CCCCc1ccc3ccnc(c3c1)O2)C(=O)NS(=O)(=O)C1CC1. The second-order valence-electron chi connectivity index (χ2n) is 16.5. The largest absolute Gasteiger partial charge is 0.472 e. The number of cyclic esters (lactones) is 1. The fraction of sp³-hybridized carbons (Fsp3) is 0.615. The number of fused-ring (bicyclic) bond motifs is 3. The van der Waals surface area contributed by atoms with E-state index in [1.807, 2.05) is 12.1 Å². The van der Waals surface area contributed by atoms with Crippen LogP contribution in [0.5, 0.6) is 5.88 Å². The smallest absolute Gasteiger partial charge is 0.407 e. The Bertz CT molecular complexity index is 1890. The molecular formula is C39H51N5O8S. The molecule has 0 radical (unpaired) electrons. The molecule has 2 aliphatic heterocycles. The lowest BCUT2D eigenvalue weighted by atomic mass is 9.87. The van der Waals surface area contributed by atoms with E-state index in [0.717, 1.165) is 67.7 Å². The van der Waals surface area contributed by atoms with Crippen molar-refractivity contribution < 1.29 is 37.1 Å². The molecule has 5 atom stereocenters. The van der Waals surface area contributed by atoms with Gasteiger partial charge >= 0.3 is 6.09 Å². The number of carbonyl (C=O) groups is 4. The van der Waals surface area contributed by atoms with Crippen LogP contribution in [0.15, 0.2) is 43.1 Å². The first kappa shape index (κ1) is 37.1. The molecule has 3 heterocycles. The number of nitrogens with one attached hydrogen (secondary N) is 3. The second-order valence-corrected chi connectivity index (χ2v) is 18.4. The molecule has 1 aromatic heterocycles. The van der Waals surface area contributed by atoms with E-state index in [1.54, 1.807) is 6.20 Å². The molecule has 13 nitrogen and oxygen atoms in total. The summed E-state index contributed by atoms with van der Waals surface area (Å²) in [6, 6.07) is 6.12. The van der Waals surface area contributed by atoms with Crippen molar-refractivity contribution in [2.24, 2.45) is 17.3 Å². The molecule has 3 N–H and O–H groups in total. The van der Waals surface area contributed by atoms with E-state index in [1.165, 1.54) is 11.0 Å². The zero-order valence-electron chi connectivity index (χ0n) is 30.6. The van der Waals surface area contributed by atoms with Gasteiger partial charge in [-0.2, -0.15) is 0 Å². The van der Waals surface area contributed by atoms with Gasteiger partial charge in [-0.15, -0.1) is 6.58 Å². The van der Waals surface area contributed by atoms with Crippen molar-refractivity contribution in [2.45, 2.75) is 120 Å². The van der Waals surface area contributed by atoms with Gasteiger partial charge < -0.3 is 25.0 Å². The first-order valence-corrected chi connectivity index (χ1v) is 20.6. The van der Waals surface area contributed by atoms with Gasteiger partial charge in [0.2, 0.25) is 27.7 Å². The normalized spacial score (nSPS) is 29.6. The van der Waals surface area contributed by atoms with E-state index >= 15 is 0 Å². The Morgan fingerprint density at radius 3 is 2.57 bits per heavy atom. The molecule has 3 saturated carbocycles. The number of amides is 4. The number of ether oxygens (including phenoxy) is 2. The molecule has 53 heavy (non-hydrogen) atoms. The third-order valence-electron chi connectivity index (χ3n) is 11.7. The summed E-state index contributed by atoms with van der Waals surface area (Å²) >= 11 is 0. The van der Waals surface area contributed by atoms with Crippen LogP contribution in [0.25, 0.3) is 10.8 Å². The van der Waals surface area contributed by atoms with E-state index in [0.29, 0.717) is 18.7 Å². The van der Waals surface area contributed by atoms with Gasteiger partial charge in [0.1, 0.15) is 23.7 Å². The zero-order chi connectivity index (χ0) is 37.5. The Morgan fingerprint density at radius 2 is 1.85 bits per heavy atom. The molecule has 0 spiro atoms. The van der Waals surface area contributed by atoms with E-state index in [4.69, 9.17) is 9.47 Å². The molecule has 14 heteroatoms. The number of hydrogen-bond donors (Lipinski definition) is 3. The molecule has 1 saturated heterocycles. The van der Waals surface area contributed by atoms with Crippen molar-refractivity contribution in [3.63, 3.8) is 0 Å². The van der Waals surface area contributed by atoms with Crippen molar-refractivity contribution in [1.82, 2.24) is 25.2 Å². The predicted octanol–water partition coefficient (Wildman–Crippen LogP) is 4.29. The predicted molar refractivity (Wildman–Crippen MR) is 197 cm³/mol. The Kier molecular flexibility index (Phi) is 10.2. The summed E-state index contributed by atoms with van der Waals surface area (Å²) in [5, 5.41) is 6.88. The third-order valence-corrected chi connectivity index (χ3v) is 13.6. The molecule has 286 valence electrons. The number of carbonyl (C=O) groups excluding carboxylic acids is 4. The minimum Gasteiger partial charge on any atom is -0.472 e. The van der Waals surface area contributed by atoms with Crippen LogP contribution in [0, 0.1) is 17.3 Å². The molecule has 4 amide bonds. The van der Waals surface area contributed by atoms with Gasteiger partial charge in [0.25, 0.3) is 5.91 Å². The average molecular weight is 750 g/mol. The van der Waals surface area contributed by atoms with Gasteiger partial charge in [0.15, 0.2) is 0 Å². The van der Waals surface area contributed by atoms with Crippen LogP contribution in [0.3, 0.4) is 0 Å². The number of rotatable bonds is 7. The lowest BCUT2D eigenvalue weighted by Gasteiger charge is -2.32. The fourth-order valence-corrected chi connectivity index (χ4v) is 9.64. The van der Waals surface area contributed by atoms with Gasteiger partial charge in [0.05, 0.1) is 18.4 Å². The van der Waals surface area contributed by atoms with Crippen molar-refractivity contribution in [2.75, 3.05) is 13.2 Å². The maximum atomic E-state index is 14.7. The highest BCUT2D eigenvalue weighted by Gasteiger charge is 2.62. The molecular weight excluding hydrogens is 699 g/mol.